The minimum atomic E-state index is 0.00738. The Hall–Kier alpha value is -2.04. The van der Waals surface area contributed by atoms with E-state index in [2.05, 4.69) is 31.1 Å². The maximum absolute atomic E-state index is 12.2. The third kappa shape index (κ3) is 3.17. The van der Waals surface area contributed by atoms with Gasteiger partial charge in [-0.05, 0) is 25.5 Å². The Labute approximate surface area is 125 Å². The van der Waals surface area contributed by atoms with Crippen molar-refractivity contribution in [3.05, 3.63) is 24.0 Å². The second-order valence-electron chi connectivity index (χ2n) is 5.80. The highest BCUT2D eigenvalue weighted by Crippen LogP contribution is 2.25. The van der Waals surface area contributed by atoms with Gasteiger partial charge in [0.2, 0.25) is 5.91 Å². The maximum atomic E-state index is 12.2. The van der Waals surface area contributed by atoms with E-state index in [0.29, 0.717) is 5.69 Å². The van der Waals surface area contributed by atoms with E-state index in [1.807, 2.05) is 29.7 Å². The second-order valence-corrected chi connectivity index (χ2v) is 5.80. The first kappa shape index (κ1) is 15.4. The molecular formula is C16H24N4O. The van der Waals surface area contributed by atoms with Gasteiger partial charge in [0, 0.05) is 12.0 Å². The quantitative estimate of drug-likeness (QED) is 0.831. The monoisotopic (exact) mass is 288 g/mol. The molecule has 1 amide bonds. The van der Waals surface area contributed by atoms with Crippen LogP contribution in [0.3, 0.4) is 0 Å². The fourth-order valence-corrected chi connectivity index (χ4v) is 2.36. The smallest absolute Gasteiger partial charge is 0.240 e. The standard InChI is InChI=1S/C16H24N4O/c1-5-11(4)18-14(21)9-20-13-8-6-7-12(17)15(13)19-16(20)10(2)3/h6-8,10-11H,5,9,17H2,1-4H3,(H,18,21). The molecule has 0 saturated carbocycles. The van der Waals surface area contributed by atoms with Gasteiger partial charge < -0.3 is 15.6 Å². The second kappa shape index (κ2) is 6.16. The van der Waals surface area contributed by atoms with Crippen LogP contribution in [-0.2, 0) is 11.3 Å². The van der Waals surface area contributed by atoms with Gasteiger partial charge in [0.25, 0.3) is 0 Å². The molecule has 2 rings (SSSR count). The summed E-state index contributed by atoms with van der Waals surface area (Å²) < 4.78 is 1.97. The molecule has 0 aliphatic rings. The van der Waals surface area contributed by atoms with Gasteiger partial charge in [-0.2, -0.15) is 0 Å². The average Bonchev–Trinajstić information content (AvgIpc) is 2.79. The summed E-state index contributed by atoms with van der Waals surface area (Å²) in [7, 11) is 0. The largest absolute Gasteiger partial charge is 0.397 e. The SMILES string of the molecule is CCC(C)NC(=O)Cn1c(C(C)C)nc2c(N)cccc21. The van der Waals surface area contributed by atoms with Crippen LogP contribution in [-0.4, -0.2) is 21.5 Å². The van der Waals surface area contributed by atoms with Crippen LogP contribution in [0.15, 0.2) is 18.2 Å². The number of nitrogens with one attached hydrogen (secondary N) is 1. The molecule has 1 aromatic carbocycles. The molecule has 1 atom stereocenters. The van der Waals surface area contributed by atoms with Crippen LogP contribution in [0.4, 0.5) is 5.69 Å². The number of benzene rings is 1. The van der Waals surface area contributed by atoms with Crippen LogP contribution in [0.25, 0.3) is 11.0 Å². The van der Waals surface area contributed by atoms with Crippen molar-refractivity contribution in [3.8, 4) is 0 Å². The average molecular weight is 288 g/mol. The van der Waals surface area contributed by atoms with Crippen molar-refractivity contribution < 1.29 is 4.79 Å². The number of nitrogens with zero attached hydrogens (tertiary/aromatic N) is 2. The molecule has 5 heteroatoms. The number of imidazole rings is 1. The van der Waals surface area contributed by atoms with Gasteiger partial charge in [0.1, 0.15) is 17.9 Å². The Morgan fingerprint density at radius 3 is 2.71 bits per heavy atom. The zero-order chi connectivity index (χ0) is 15.6. The number of carbonyl (C=O) groups excluding carboxylic acids is 1. The summed E-state index contributed by atoms with van der Waals surface area (Å²) in [5.74, 6) is 1.13. The molecule has 2 aromatic rings. The molecule has 0 spiro atoms. The number of nitrogen functional groups attached to an aromatic ring is 1. The van der Waals surface area contributed by atoms with Crippen LogP contribution in [0.5, 0.6) is 0 Å². The van der Waals surface area contributed by atoms with Gasteiger partial charge in [-0.15, -0.1) is 0 Å². The van der Waals surface area contributed by atoms with Gasteiger partial charge in [-0.25, -0.2) is 4.98 Å². The fraction of sp³-hybridized carbons (Fsp3) is 0.500. The predicted octanol–water partition coefficient (Wildman–Crippen LogP) is 2.66. The molecule has 0 fully saturated rings. The summed E-state index contributed by atoms with van der Waals surface area (Å²) >= 11 is 0. The molecule has 0 aliphatic carbocycles. The van der Waals surface area contributed by atoms with E-state index < -0.39 is 0 Å². The summed E-state index contributed by atoms with van der Waals surface area (Å²) in [4.78, 5) is 16.8. The van der Waals surface area contributed by atoms with Crippen molar-refractivity contribution in [3.63, 3.8) is 0 Å². The van der Waals surface area contributed by atoms with E-state index in [0.717, 1.165) is 23.3 Å². The Kier molecular flexibility index (Phi) is 4.50. The lowest BCUT2D eigenvalue weighted by Gasteiger charge is -2.14. The number of anilines is 1. The van der Waals surface area contributed by atoms with Crippen LogP contribution in [0, 0.1) is 0 Å². The van der Waals surface area contributed by atoms with E-state index in [1.54, 1.807) is 0 Å². The van der Waals surface area contributed by atoms with Crippen molar-refractivity contribution in [1.82, 2.24) is 14.9 Å². The summed E-state index contributed by atoms with van der Waals surface area (Å²) in [6.45, 7) is 8.47. The lowest BCUT2D eigenvalue weighted by Crippen LogP contribution is -2.35. The highest BCUT2D eigenvalue weighted by Gasteiger charge is 2.17. The normalized spacial score (nSPS) is 12.8. The molecule has 5 nitrogen and oxygen atoms in total. The summed E-state index contributed by atoms with van der Waals surface area (Å²) in [6, 6.07) is 5.87. The van der Waals surface area contributed by atoms with Crippen LogP contribution < -0.4 is 11.1 Å². The van der Waals surface area contributed by atoms with Gasteiger partial charge in [-0.1, -0.05) is 26.8 Å². The van der Waals surface area contributed by atoms with Crippen LogP contribution in [0.2, 0.25) is 0 Å². The topological polar surface area (TPSA) is 72.9 Å². The van der Waals surface area contributed by atoms with Crippen molar-refractivity contribution in [2.24, 2.45) is 0 Å². The molecule has 1 heterocycles. The number of nitrogens with two attached hydrogens (primary N) is 1. The number of hydrogen-bond acceptors (Lipinski definition) is 3. The van der Waals surface area contributed by atoms with Gasteiger partial charge >= 0.3 is 0 Å². The number of hydrogen-bond donors (Lipinski definition) is 2. The number of rotatable bonds is 5. The molecule has 114 valence electrons. The minimum absolute atomic E-state index is 0.00738. The number of carbonyl (C=O) groups is 1. The number of amides is 1. The van der Waals surface area contributed by atoms with Crippen molar-refractivity contribution in [2.45, 2.75) is 52.6 Å². The Morgan fingerprint density at radius 2 is 2.10 bits per heavy atom. The fourth-order valence-electron chi connectivity index (χ4n) is 2.36. The lowest BCUT2D eigenvalue weighted by molar-refractivity contribution is -0.122. The molecule has 0 radical (unpaired) electrons. The van der Waals surface area contributed by atoms with Crippen LogP contribution in [0.1, 0.15) is 45.9 Å². The molecule has 0 bridgehead atoms. The van der Waals surface area contributed by atoms with Crippen molar-refractivity contribution in [1.29, 1.82) is 0 Å². The Balaban J connectivity index is 2.39. The number of aromatic nitrogens is 2. The van der Waals surface area contributed by atoms with Gasteiger partial charge in [0.15, 0.2) is 0 Å². The van der Waals surface area contributed by atoms with E-state index in [-0.39, 0.29) is 24.4 Å². The summed E-state index contributed by atoms with van der Waals surface area (Å²) in [5, 5.41) is 2.99. The maximum Gasteiger partial charge on any atom is 0.240 e. The predicted molar refractivity (Wildman–Crippen MR) is 86.1 cm³/mol. The van der Waals surface area contributed by atoms with Gasteiger partial charge in [-0.3, -0.25) is 4.79 Å². The van der Waals surface area contributed by atoms with Crippen molar-refractivity contribution >= 4 is 22.6 Å². The first-order chi connectivity index (χ1) is 9.93. The molecule has 21 heavy (non-hydrogen) atoms. The molecule has 0 saturated heterocycles. The lowest BCUT2D eigenvalue weighted by atomic mass is 10.2. The molecule has 1 unspecified atom stereocenters. The minimum Gasteiger partial charge on any atom is -0.397 e. The van der Waals surface area contributed by atoms with E-state index in [9.17, 15) is 4.79 Å². The highest BCUT2D eigenvalue weighted by molar-refractivity contribution is 5.89. The highest BCUT2D eigenvalue weighted by atomic mass is 16.2. The zero-order valence-corrected chi connectivity index (χ0v) is 13.2. The van der Waals surface area contributed by atoms with E-state index >= 15 is 0 Å². The molecule has 0 aliphatic heterocycles. The van der Waals surface area contributed by atoms with Crippen LogP contribution >= 0.6 is 0 Å². The molecule has 3 N–H and O–H groups in total. The first-order valence-electron chi connectivity index (χ1n) is 7.48. The Morgan fingerprint density at radius 1 is 1.38 bits per heavy atom. The third-order valence-corrected chi connectivity index (χ3v) is 3.68. The Bertz CT molecular complexity index is 645. The van der Waals surface area contributed by atoms with E-state index in [1.165, 1.54) is 0 Å². The first-order valence-corrected chi connectivity index (χ1v) is 7.48. The van der Waals surface area contributed by atoms with E-state index in [4.69, 9.17) is 5.73 Å². The summed E-state index contributed by atoms with van der Waals surface area (Å²) in [5.41, 5.74) is 8.33. The molecule has 1 aromatic heterocycles. The molecular weight excluding hydrogens is 264 g/mol. The third-order valence-electron chi connectivity index (χ3n) is 3.68. The zero-order valence-electron chi connectivity index (χ0n) is 13.2. The summed E-state index contributed by atoms with van der Waals surface area (Å²) in [6.07, 6.45) is 0.917. The number of para-hydroxylation sites is 1. The number of fused-ring (bicyclic) bond motifs is 1. The van der Waals surface area contributed by atoms with Crippen molar-refractivity contribution in [2.75, 3.05) is 5.73 Å². The van der Waals surface area contributed by atoms with Gasteiger partial charge in [0.05, 0.1) is 11.2 Å².